The van der Waals surface area contributed by atoms with Crippen molar-refractivity contribution in [3.8, 4) is 5.75 Å². The van der Waals surface area contributed by atoms with Crippen molar-refractivity contribution in [2.45, 2.75) is 26.7 Å². The largest absolute Gasteiger partial charge is 0.506 e. The molecule has 0 atom stereocenters. The number of anilines is 1. The molecule has 0 saturated heterocycles. The van der Waals surface area contributed by atoms with Crippen molar-refractivity contribution in [1.82, 2.24) is 0 Å². The van der Waals surface area contributed by atoms with Crippen LogP contribution in [0.25, 0.3) is 0 Å². The van der Waals surface area contributed by atoms with Gasteiger partial charge in [-0.2, -0.15) is 0 Å². The number of hydrogen-bond acceptors (Lipinski definition) is 3. The first kappa shape index (κ1) is 13.5. The first-order chi connectivity index (χ1) is 8.13. The highest BCUT2D eigenvalue weighted by molar-refractivity contribution is 5.92. The number of aromatic hydroxyl groups is 1. The predicted octanol–water partition coefficient (Wildman–Crippen LogP) is 2.46. The number of benzene rings is 1. The maximum Gasteiger partial charge on any atom is 0.226 e. The summed E-state index contributed by atoms with van der Waals surface area (Å²) in [7, 11) is 0. The molecule has 2 N–H and O–H groups in total. The van der Waals surface area contributed by atoms with E-state index in [0.717, 1.165) is 12.0 Å². The molecule has 1 aromatic carbocycles. The average molecular weight is 237 g/mol. The van der Waals surface area contributed by atoms with Gasteiger partial charge in [0.25, 0.3) is 0 Å². The summed E-state index contributed by atoms with van der Waals surface area (Å²) in [5.41, 5.74) is 1.39. The van der Waals surface area contributed by atoms with Crippen LogP contribution in [0.4, 0.5) is 5.69 Å². The van der Waals surface area contributed by atoms with Gasteiger partial charge in [-0.1, -0.05) is 13.0 Å². The zero-order chi connectivity index (χ0) is 12.7. The summed E-state index contributed by atoms with van der Waals surface area (Å²) >= 11 is 0. The average Bonchev–Trinajstić information content (AvgIpc) is 2.28. The first-order valence-corrected chi connectivity index (χ1v) is 5.80. The van der Waals surface area contributed by atoms with Crippen LogP contribution in [0, 0.1) is 6.92 Å². The number of aryl methyl sites for hydroxylation is 1. The van der Waals surface area contributed by atoms with Gasteiger partial charge < -0.3 is 15.2 Å². The second kappa shape index (κ2) is 6.91. The summed E-state index contributed by atoms with van der Waals surface area (Å²) in [6.07, 6.45) is 1.24. The Morgan fingerprint density at radius 2 is 2.18 bits per heavy atom. The minimum Gasteiger partial charge on any atom is -0.506 e. The predicted molar refractivity (Wildman–Crippen MR) is 67.2 cm³/mol. The molecule has 0 heterocycles. The van der Waals surface area contributed by atoms with E-state index < -0.39 is 0 Å². The van der Waals surface area contributed by atoms with Gasteiger partial charge in [0.2, 0.25) is 5.91 Å². The van der Waals surface area contributed by atoms with Gasteiger partial charge in [-0.25, -0.2) is 0 Å². The Morgan fingerprint density at radius 1 is 1.41 bits per heavy atom. The molecule has 1 rings (SSSR count). The van der Waals surface area contributed by atoms with E-state index in [-0.39, 0.29) is 11.7 Å². The summed E-state index contributed by atoms with van der Waals surface area (Å²) in [6.45, 7) is 4.98. The molecule has 0 aromatic heterocycles. The summed E-state index contributed by atoms with van der Waals surface area (Å²) in [6, 6.07) is 5.14. The fourth-order valence-corrected chi connectivity index (χ4v) is 1.37. The lowest BCUT2D eigenvalue weighted by Crippen LogP contribution is -2.14. The van der Waals surface area contributed by atoms with Crippen LogP contribution in [-0.4, -0.2) is 24.2 Å². The Bertz CT molecular complexity index is 377. The highest BCUT2D eigenvalue weighted by Crippen LogP contribution is 2.23. The number of carbonyl (C=O) groups excluding carboxylic acids is 1. The number of amides is 1. The number of nitrogens with one attached hydrogen (secondary N) is 1. The Morgan fingerprint density at radius 3 is 2.82 bits per heavy atom. The molecular weight excluding hydrogens is 218 g/mol. The fourth-order valence-electron chi connectivity index (χ4n) is 1.37. The van der Waals surface area contributed by atoms with E-state index in [0.29, 0.717) is 25.3 Å². The molecule has 4 nitrogen and oxygen atoms in total. The van der Waals surface area contributed by atoms with Gasteiger partial charge in [0.05, 0.1) is 18.7 Å². The third kappa shape index (κ3) is 4.87. The van der Waals surface area contributed by atoms with Crippen molar-refractivity contribution in [2.75, 3.05) is 18.5 Å². The van der Waals surface area contributed by atoms with Gasteiger partial charge in [-0.15, -0.1) is 0 Å². The van der Waals surface area contributed by atoms with E-state index in [4.69, 9.17) is 4.74 Å². The highest BCUT2D eigenvalue weighted by atomic mass is 16.5. The Kier molecular flexibility index (Phi) is 5.49. The van der Waals surface area contributed by atoms with Crippen molar-refractivity contribution in [3.63, 3.8) is 0 Å². The topological polar surface area (TPSA) is 58.6 Å². The van der Waals surface area contributed by atoms with E-state index >= 15 is 0 Å². The number of phenolic OH excluding ortho intramolecular Hbond substituents is 1. The van der Waals surface area contributed by atoms with Crippen molar-refractivity contribution < 1.29 is 14.6 Å². The molecule has 0 radical (unpaired) electrons. The summed E-state index contributed by atoms with van der Waals surface area (Å²) in [5.74, 6) is -0.0620. The van der Waals surface area contributed by atoms with Crippen LogP contribution in [0.3, 0.4) is 0 Å². The van der Waals surface area contributed by atoms with E-state index in [1.807, 2.05) is 19.9 Å². The standard InChI is InChI=1S/C13H19NO3/c1-3-7-17-8-6-13(16)14-11-5-4-10(2)9-12(11)15/h4-5,9,15H,3,6-8H2,1-2H3,(H,14,16). The van der Waals surface area contributed by atoms with Crippen molar-refractivity contribution >= 4 is 11.6 Å². The summed E-state index contributed by atoms with van der Waals surface area (Å²) in [5, 5.41) is 12.2. The second-order valence-corrected chi connectivity index (χ2v) is 3.93. The quantitative estimate of drug-likeness (QED) is 0.590. The van der Waals surface area contributed by atoms with Crippen LogP contribution in [0.5, 0.6) is 5.75 Å². The maximum atomic E-state index is 11.5. The van der Waals surface area contributed by atoms with Gasteiger partial charge in [-0.3, -0.25) is 4.79 Å². The van der Waals surface area contributed by atoms with Crippen LogP contribution in [0.1, 0.15) is 25.3 Å². The molecule has 0 unspecified atom stereocenters. The molecule has 1 amide bonds. The molecule has 0 aliphatic heterocycles. The number of ether oxygens (including phenoxy) is 1. The SMILES string of the molecule is CCCOCCC(=O)Nc1ccc(C)cc1O. The number of hydrogen-bond donors (Lipinski definition) is 2. The van der Waals surface area contributed by atoms with Crippen LogP contribution in [0.15, 0.2) is 18.2 Å². The lowest BCUT2D eigenvalue weighted by Gasteiger charge is -2.08. The van der Waals surface area contributed by atoms with Crippen LogP contribution >= 0.6 is 0 Å². The minimum absolute atomic E-state index is 0.0906. The summed E-state index contributed by atoms with van der Waals surface area (Å²) < 4.78 is 5.22. The van der Waals surface area contributed by atoms with Gasteiger partial charge in [0.15, 0.2) is 0 Å². The second-order valence-electron chi connectivity index (χ2n) is 3.93. The van der Waals surface area contributed by atoms with Gasteiger partial charge in [0, 0.05) is 6.61 Å². The van der Waals surface area contributed by atoms with Crippen molar-refractivity contribution in [1.29, 1.82) is 0 Å². The van der Waals surface area contributed by atoms with Crippen LogP contribution in [0.2, 0.25) is 0 Å². The molecule has 0 fully saturated rings. The third-order valence-electron chi connectivity index (χ3n) is 2.25. The van der Waals surface area contributed by atoms with Gasteiger partial charge >= 0.3 is 0 Å². The van der Waals surface area contributed by atoms with E-state index in [1.165, 1.54) is 0 Å². The molecule has 0 saturated carbocycles. The highest BCUT2D eigenvalue weighted by Gasteiger charge is 2.06. The fraction of sp³-hybridized carbons (Fsp3) is 0.462. The number of phenols is 1. The molecule has 17 heavy (non-hydrogen) atoms. The van der Waals surface area contributed by atoms with Crippen molar-refractivity contribution in [2.24, 2.45) is 0 Å². The smallest absolute Gasteiger partial charge is 0.226 e. The first-order valence-electron chi connectivity index (χ1n) is 5.80. The monoisotopic (exact) mass is 237 g/mol. The molecule has 0 spiro atoms. The van der Waals surface area contributed by atoms with Gasteiger partial charge in [0.1, 0.15) is 5.75 Å². The Balaban J connectivity index is 2.40. The van der Waals surface area contributed by atoms with E-state index in [9.17, 15) is 9.90 Å². The molecule has 4 heteroatoms. The van der Waals surface area contributed by atoms with Gasteiger partial charge in [-0.05, 0) is 31.0 Å². The van der Waals surface area contributed by atoms with Crippen molar-refractivity contribution in [3.05, 3.63) is 23.8 Å². The number of carbonyl (C=O) groups is 1. The Hall–Kier alpha value is -1.55. The molecule has 0 bridgehead atoms. The van der Waals surface area contributed by atoms with E-state index in [2.05, 4.69) is 5.32 Å². The van der Waals surface area contributed by atoms with Crippen LogP contribution in [-0.2, 0) is 9.53 Å². The maximum absolute atomic E-state index is 11.5. The lowest BCUT2D eigenvalue weighted by atomic mass is 10.2. The molecular formula is C13H19NO3. The zero-order valence-electron chi connectivity index (χ0n) is 10.3. The normalized spacial score (nSPS) is 10.2. The third-order valence-corrected chi connectivity index (χ3v) is 2.25. The van der Waals surface area contributed by atoms with Crippen LogP contribution < -0.4 is 5.32 Å². The molecule has 94 valence electrons. The van der Waals surface area contributed by atoms with E-state index in [1.54, 1.807) is 12.1 Å². The molecule has 1 aromatic rings. The lowest BCUT2D eigenvalue weighted by molar-refractivity contribution is -0.117. The Labute approximate surface area is 102 Å². The summed E-state index contributed by atoms with van der Waals surface area (Å²) in [4.78, 5) is 11.5. The molecule has 0 aliphatic rings. The molecule has 0 aliphatic carbocycles. The minimum atomic E-state index is -0.153. The number of rotatable bonds is 6. The zero-order valence-corrected chi connectivity index (χ0v) is 10.3.